The van der Waals surface area contributed by atoms with E-state index in [1.54, 1.807) is 37.4 Å². The number of hydrogen-bond acceptors (Lipinski definition) is 5. The van der Waals surface area contributed by atoms with Crippen molar-refractivity contribution in [1.29, 1.82) is 0 Å². The molecule has 0 radical (unpaired) electrons. The largest absolute Gasteiger partial charge is 0.388 e. The molecule has 6 heteroatoms. The summed E-state index contributed by atoms with van der Waals surface area (Å²) in [7, 11) is 0. The first-order valence-corrected chi connectivity index (χ1v) is 6.43. The normalized spacial score (nSPS) is 13.9. The number of aliphatic hydroxyl groups is 1. The molecule has 0 saturated heterocycles. The van der Waals surface area contributed by atoms with Gasteiger partial charge in [0.25, 0.3) is 0 Å². The Labute approximate surface area is 116 Å². The zero-order valence-electron chi connectivity index (χ0n) is 11.5. The molecule has 0 aliphatic carbocycles. The van der Waals surface area contributed by atoms with Crippen LogP contribution in [-0.2, 0) is 0 Å². The molecule has 2 rings (SSSR count). The molecular weight excluding hydrogens is 258 g/mol. The van der Waals surface area contributed by atoms with Gasteiger partial charge in [-0.25, -0.2) is 0 Å². The number of pyridine rings is 1. The smallest absolute Gasteiger partial charge is 0.301 e. The molecule has 1 aromatic heterocycles. The molecule has 20 heavy (non-hydrogen) atoms. The summed E-state index contributed by atoms with van der Waals surface area (Å²) in [6, 6.07) is 6.69. The molecule has 6 nitrogen and oxygen atoms in total. The monoisotopic (exact) mass is 275 g/mol. The maximum absolute atomic E-state index is 11.3. The lowest BCUT2D eigenvalue weighted by atomic mass is 10.0. The molecule has 106 valence electrons. The van der Waals surface area contributed by atoms with Crippen molar-refractivity contribution < 1.29 is 10.0 Å². The quantitative estimate of drug-likeness (QED) is 0.647. The Kier molecular flexibility index (Phi) is 3.85. The van der Waals surface area contributed by atoms with Gasteiger partial charge in [0.2, 0.25) is 0 Å². The van der Waals surface area contributed by atoms with Crippen LogP contribution in [0.5, 0.6) is 0 Å². The van der Waals surface area contributed by atoms with Gasteiger partial charge in [-0.05, 0) is 37.6 Å². The van der Waals surface area contributed by atoms with Gasteiger partial charge in [0, 0.05) is 12.7 Å². The van der Waals surface area contributed by atoms with Gasteiger partial charge in [-0.15, -0.1) is 0 Å². The summed E-state index contributed by atoms with van der Waals surface area (Å²) < 4.78 is 0. The van der Waals surface area contributed by atoms with Crippen molar-refractivity contribution >= 4 is 22.3 Å². The number of nitrogens with one attached hydrogen (secondary N) is 1. The Bertz CT molecular complexity index is 641. The van der Waals surface area contributed by atoms with E-state index < -0.39 is 10.5 Å². The van der Waals surface area contributed by atoms with E-state index in [-0.39, 0.29) is 12.2 Å². The standard InChI is InChI=1S/C14H17N3O3/c1-3-14(2,18)9-16-12-7-6-11-10(5-4-8-15-11)13(12)17(19)20/h4-8,16,18H,3,9H2,1-2H3. The highest BCUT2D eigenvalue weighted by Gasteiger charge is 2.22. The summed E-state index contributed by atoms with van der Waals surface area (Å²) >= 11 is 0. The Morgan fingerprint density at radius 3 is 2.85 bits per heavy atom. The highest BCUT2D eigenvalue weighted by molar-refractivity contribution is 5.94. The molecule has 1 heterocycles. The number of fused-ring (bicyclic) bond motifs is 1. The first-order valence-electron chi connectivity index (χ1n) is 6.43. The second-order valence-corrected chi connectivity index (χ2v) is 4.99. The summed E-state index contributed by atoms with van der Waals surface area (Å²) in [4.78, 5) is 15.0. The third-order valence-corrected chi connectivity index (χ3v) is 3.36. The summed E-state index contributed by atoms with van der Waals surface area (Å²) in [5, 5.41) is 24.7. The maximum Gasteiger partial charge on any atom is 0.301 e. The van der Waals surface area contributed by atoms with Crippen LogP contribution in [0.4, 0.5) is 11.4 Å². The summed E-state index contributed by atoms with van der Waals surface area (Å²) in [5.74, 6) is 0. The number of benzene rings is 1. The topological polar surface area (TPSA) is 88.3 Å². The molecule has 2 aromatic rings. The molecule has 0 amide bonds. The fourth-order valence-corrected chi connectivity index (χ4v) is 1.89. The van der Waals surface area contributed by atoms with Crippen molar-refractivity contribution in [2.45, 2.75) is 25.9 Å². The minimum Gasteiger partial charge on any atom is -0.388 e. The molecule has 2 N–H and O–H groups in total. The fourth-order valence-electron chi connectivity index (χ4n) is 1.89. The van der Waals surface area contributed by atoms with Gasteiger partial charge in [0.05, 0.1) is 21.4 Å². The molecule has 1 atom stereocenters. The zero-order chi connectivity index (χ0) is 14.8. The number of aromatic nitrogens is 1. The molecule has 0 saturated carbocycles. The number of nitro groups is 1. The van der Waals surface area contributed by atoms with Crippen LogP contribution in [-0.4, -0.2) is 27.2 Å². The van der Waals surface area contributed by atoms with Crippen molar-refractivity contribution in [3.8, 4) is 0 Å². The third-order valence-electron chi connectivity index (χ3n) is 3.36. The Morgan fingerprint density at radius 2 is 2.20 bits per heavy atom. The van der Waals surface area contributed by atoms with Crippen molar-refractivity contribution in [2.75, 3.05) is 11.9 Å². The Hall–Kier alpha value is -2.21. The van der Waals surface area contributed by atoms with Crippen LogP contribution in [0.15, 0.2) is 30.5 Å². The van der Waals surface area contributed by atoms with Crippen LogP contribution >= 0.6 is 0 Å². The number of nitro benzene ring substituents is 1. The average molecular weight is 275 g/mol. The average Bonchev–Trinajstić information content (AvgIpc) is 2.44. The van der Waals surface area contributed by atoms with E-state index >= 15 is 0 Å². The Balaban J connectivity index is 2.43. The number of hydrogen-bond donors (Lipinski definition) is 2. The van der Waals surface area contributed by atoms with E-state index in [1.165, 1.54) is 0 Å². The van der Waals surface area contributed by atoms with E-state index in [1.807, 2.05) is 6.92 Å². The van der Waals surface area contributed by atoms with Crippen molar-refractivity contribution in [2.24, 2.45) is 0 Å². The van der Waals surface area contributed by atoms with E-state index in [4.69, 9.17) is 0 Å². The van der Waals surface area contributed by atoms with Crippen LogP contribution < -0.4 is 5.32 Å². The highest BCUT2D eigenvalue weighted by Crippen LogP contribution is 2.32. The van der Waals surface area contributed by atoms with E-state index in [2.05, 4.69) is 10.3 Å². The lowest BCUT2D eigenvalue weighted by molar-refractivity contribution is -0.382. The summed E-state index contributed by atoms with van der Waals surface area (Å²) in [6.07, 6.45) is 2.16. The minimum atomic E-state index is -0.905. The predicted octanol–water partition coefficient (Wildman–Crippen LogP) is 2.72. The van der Waals surface area contributed by atoms with Crippen LogP contribution in [0.25, 0.3) is 10.9 Å². The second-order valence-electron chi connectivity index (χ2n) is 4.99. The van der Waals surface area contributed by atoms with E-state index in [9.17, 15) is 15.2 Å². The first kappa shape index (κ1) is 14.2. The molecule has 0 aliphatic rings. The van der Waals surface area contributed by atoms with Gasteiger partial charge in [-0.2, -0.15) is 0 Å². The molecule has 0 aliphatic heterocycles. The number of anilines is 1. The van der Waals surface area contributed by atoms with E-state index in [0.29, 0.717) is 23.0 Å². The van der Waals surface area contributed by atoms with Gasteiger partial charge >= 0.3 is 5.69 Å². The van der Waals surface area contributed by atoms with Gasteiger partial charge < -0.3 is 10.4 Å². The maximum atomic E-state index is 11.3. The number of nitrogens with zero attached hydrogens (tertiary/aromatic N) is 2. The molecular formula is C14H17N3O3. The molecule has 0 spiro atoms. The van der Waals surface area contributed by atoms with E-state index in [0.717, 1.165) is 0 Å². The van der Waals surface area contributed by atoms with Gasteiger partial charge in [0.15, 0.2) is 0 Å². The lowest BCUT2D eigenvalue weighted by Gasteiger charge is -2.22. The van der Waals surface area contributed by atoms with Crippen molar-refractivity contribution in [3.05, 3.63) is 40.6 Å². The molecule has 1 unspecified atom stereocenters. The van der Waals surface area contributed by atoms with Crippen molar-refractivity contribution in [3.63, 3.8) is 0 Å². The number of rotatable bonds is 5. The van der Waals surface area contributed by atoms with Crippen molar-refractivity contribution in [1.82, 2.24) is 4.98 Å². The van der Waals surface area contributed by atoms with Crippen LogP contribution in [0, 0.1) is 10.1 Å². The van der Waals surface area contributed by atoms with Crippen LogP contribution in [0.3, 0.4) is 0 Å². The fraction of sp³-hybridized carbons (Fsp3) is 0.357. The Morgan fingerprint density at radius 1 is 1.45 bits per heavy atom. The highest BCUT2D eigenvalue weighted by atomic mass is 16.6. The van der Waals surface area contributed by atoms with Gasteiger partial charge in [-0.1, -0.05) is 6.92 Å². The lowest BCUT2D eigenvalue weighted by Crippen LogP contribution is -2.32. The summed E-state index contributed by atoms with van der Waals surface area (Å²) in [5.41, 5.74) is 0.0522. The predicted molar refractivity (Wildman–Crippen MR) is 77.8 cm³/mol. The van der Waals surface area contributed by atoms with Crippen LogP contribution in [0.1, 0.15) is 20.3 Å². The molecule has 0 bridgehead atoms. The third kappa shape index (κ3) is 2.85. The van der Waals surface area contributed by atoms with Gasteiger partial charge in [-0.3, -0.25) is 15.1 Å². The molecule has 0 fully saturated rings. The SMILES string of the molecule is CCC(C)(O)CNc1ccc2ncccc2c1[N+](=O)[O-]. The van der Waals surface area contributed by atoms with Gasteiger partial charge in [0.1, 0.15) is 5.69 Å². The second kappa shape index (κ2) is 5.42. The minimum absolute atomic E-state index is 0.0116. The van der Waals surface area contributed by atoms with Crippen LogP contribution in [0.2, 0.25) is 0 Å². The molecule has 1 aromatic carbocycles. The summed E-state index contributed by atoms with van der Waals surface area (Å²) in [6.45, 7) is 3.80. The zero-order valence-corrected chi connectivity index (χ0v) is 11.5. The first-order chi connectivity index (χ1) is 9.44.